The van der Waals surface area contributed by atoms with Crippen LogP contribution in [-0.4, -0.2) is 74.9 Å². The highest BCUT2D eigenvalue weighted by molar-refractivity contribution is 4.75. The molecule has 2 rings (SSSR count). The van der Waals surface area contributed by atoms with E-state index in [1.165, 1.54) is 32.6 Å². The van der Waals surface area contributed by atoms with Crippen LogP contribution in [0.2, 0.25) is 0 Å². The Morgan fingerprint density at radius 3 is 2.81 bits per heavy atom. The van der Waals surface area contributed by atoms with E-state index in [4.69, 9.17) is 4.74 Å². The summed E-state index contributed by atoms with van der Waals surface area (Å²) in [5, 5.41) is 3.49. The lowest BCUT2D eigenvalue weighted by Crippen LogP contribution is -2.45. The Labute approximate surface area is 98.9 Å². The van der Waals surface area contributed by atoms with Crippen LogP contribution < -0.4 is 5.32 Å². The maximum Gasteiger partial charge on any atom is 0.0594 e. The molecule has 2 aliphatic heterocycles. The van der Waals surface area contributed by atoms with E-state index in [1.54, 1.807) is 0 Å². The van der Waals surface area contributed by atoms with Crippen LogP contribution in [0.1, 0.15) is 13.3 Å². The Kier molecular flexibility index (Phi) is 5.03. The van der Waals surface area contributed by atoms with Crippen LogP contribution in [0, 0.1) is 0 Å². The van der Waals surface area contributed by atoms with Crippen molar-refractivity contribution in [1.82, 2.24) is 15.1 Å². The van der Waals surface area contributed by atoms with Crippen LogP contribution in [-0.2, 0) is 4.74 Å². The Morgan fingerprint density at radius 2 is 2.00 bits per heavy atom. The molecule has 0 aromatic heterocycles. The molecule has 94 valence electrons. The highest BCUT2D eigenvalue weighted by Gasteiger charge is 2.17. The third-order valence-electron chi connectivity index (χ3n) is 3.67. The molecule has 1 atom stereocenters. The van der Waals surface area contributed by atoms with E-state index >= 15 is 0 Å². The van der Waals surface area contributed by atoms with Gasteiger partial charge < -0.3 is 10.1 Å². The Balaban J connectivity index is 1.70. The largest absolute Gasteiger partial charge is 0.379 e. The van der Waals surface area contributed by atoms with Crippen molar-refractivity contribution >= 4 is 0 Å². The molecule has 2 heterocycles. The molecule has 1 N–H and O–H groups in total. The molecule has 0 aromatic carbocycles. The molecule has 0 amide bonds. The predicted molar refractivity (Wildman–Crippen MR) is 65.8 cm³/mol. The summed E-state index contributed by atoms with van der Waals surface area (Å²) in [5.74, 6) is 0. The van der Waals surface area contributed by atoms with Gasteiger partial charge in [0.15, 0.2) is 0 Å². The lowest BCUT2D eigenvalue weighted by molar-refractivity contribution is 0.0317. The first-order valence-corrected chi connectivity index (χ1v) is 6.61. The fourth-order valence-electron chi connectivity index (χ4n) is 2.49. The summed E-state index contributed by atoms with van der Waals surface area (Å²) in [6.07, 6.45) is 1.29. The number of ether oxygens (including phenoxy) is 1. The van der Waals surface area contributed by atoms with Crippen LogP contribution in [0.25, 0.3) is 0 Å². The Hall–Kier alpha value is -0.160. The number of nitrogens with one attached hydrogen (secondary N) is 1. The second kappa shape index (κ2) is 6.55. The molecule has 2 saturated heterocycles. The van der Waals surface area contributed by atoms with Gasteiger partial charge in [-0.25, -0.2) is 0 Å². The van der Waals surface area contributed by atoms with Crippen LogP contribution in [0.15, 0.2) is 0 Å². The van der Waals surface area contributed by atoms with Gasteiger partial charge in [0.05, 0.1) is 13.2 Å². The van der Waals surface area contributed by atoms with Gasteiger partial charge in [-0.05, 0) is 26.4 Å². The lowest BCUT2D eigenvalue weighted by atomic mass is 10.2. The van der Waals surface area contributed by atoms with Crippen LogP contribution in [0.5, 0.6) is 0 Å². The molecule has 2 aliphatic rings. The van der Waals surface area contributed by atoms with E-state index in [1.807, 2.05) is 0 Å². The van der Waals surface area contributed by atoms with Crippen molar-refractivity contribution in [2.45, 2.75) is 19.4 Å². The number of morpholine rings is 1. The van der Waals surface area contributed by atoms with Crippen molar-refractivity contribution in [3.8, 4) is 0 Å². The molecular formula is C12H25N3O. The van der Waals surface area contributed by atoms with Crippen molar-refractivity contribution in [2.75, 3.05) is 59.0 Å². The smallest absolute Gasteiger partial charge is 0.0594 e. The summed E-state index contributed by atoms with van der Waals surface area (Å²) >= 11 is 0. The Bertz CT molecular complexity index is 195. The first-order chi connectivity index (χ1) is 7.86. The first-order valence-electron chi connectivity index (χ1n) is 6.61. The standard InChI is InChI=1S/C12H25N3O/c1-12-11-13-3-2-4-15(12)6-5-14-7-9-16-10-8-14/h12-13H,2-11H2,1H3. The molecule has 0 radical (unpaired) electrons. The zero-order valence-corrected chi connectivity index (χ0v) is 10.5. The summed E-state index contributed by atoms with van der Waals surface area (Å²) in [7, 11) is 0. The maximum atomic E-state index is 5.37. The van der Waals surface area contributed by atoms with Crippen molar-refractivity contribution in [1.29, 1.82) is 0 Å². The second-order valence-corrected chi connectivity index (χ2v) is 4.90. The van der Waals surface area contributed by atoms with E-state index in [-0.39, 0.29) is 0 Å². The summed E-state index contributed by atoms with van der Waals surface area (Å²) in [5.41, 5.74) is 0. The van der Waals surface area contributed by atoms with E-state index in [0.717, 1.165) is 32.8 Å². The fraction of sp³-hybridized carbons (Fsp3) is 1.00. The molecule has 0 bridgehead atoms. The summed E-state index contributed by atoms with van der Waals surface area (Å²) < 4.78 is 5.37. The van der Waals surface area contributed by atoms with Gasteiger partial charge in [-0.3, -0.25) is 9.80 Å². The van der Waals surface area contributed by atoms with E-state index < -0.39 is 0 Å². The summed E-state index contributed by atoms with van der Waals surface area (Å²) in [6, 6.07) is 0.684. The number of hydrogen-bond acceptors (Lipinski definition) is 4. The molecule has 0 saturated carbocycles. The minimum Gasteiger partial charge on any atom is -0.379 e. The topological polar surface area (TPSA) is 27.7 Å². The van der Waals surface area contributed by atoms with Gasteiger partial charge in [0.1, 0.15) is 0 Å². The zero-order valence-electron chi connectivity index (χ0n) is 10.5. The second-order valence-electron chi connectivity index (χ2n) is 4.90. The average molecular weight is 227 g/mol. The fourth-order valence-corrected chi connectivity index (χ4v) is 2.49. The third-order valence-corrected chi connectivity index (χ3v) is 3.67. The lowest BCUT2D eigenvalue weighted by Gasteiger charge is -2.32. The number of nitrogens with zero attached hydrogens (tertiary/aromatic N) is 2. The molecule has 4 nitrogen and oxygen atoms in total. The minimum atomic E-state index is 0.684. The molecule has 2 fully saturated rings. The van der Waals surface area contributed by atoms with Crippen LogP contribution in [0.4, 0.5) is 0 Å². The van der Waals surface area contributed by atoms with Gasteiger partial charge in [0.25, 0.3) is 0 Å². The van der Waals surface area contributed by atoms with Crippen molar-refractivity contribution < 1.29 is 4.74 Å². The summed E-state index contributed by atoms with van der Waals surface area (Å²) in [6.45, 7) is 12.4. The predicted octanol–water partition coefficient (Wildman–Crippen LogP) is 0.00240. The van der Waals surface area contributed by atoms with Gasteiger partial charge in [0.2, 0.25) is 0 Å². The molecule has 4 heteroatoms. The van der Waals surface area contributed by atoms with Crippen LogP contribution >= 0.6 is 0 Å². The van der Waals surface area contributed by atoms with Crippen molar-refractivity contribution in [3.05, 3.63) is 0 Å². The number of rotatable bonds is 3. The molecule has 16 heavy (non-hydrogen) atoms. The maximum absolute atomic E-state index is 5.37. The average Bonchev–Trinajstić information content (AvgIpc) is 2.53. The van der Waals surface area contributed by atoms with Gasteiger partial charge in [-0.15, -0.1) is 0 Å². The normalized spacial score (nSPS) is 30.2. The van der Waals surface area contributed by atoms with E-state index in [2.05, 4.69) is 22.0 Å². The monoisotopic (exact) mass is 227 g/mol. The Morgan fingerprint density at radius 1 is 1.19 bits per heavy atom. The molecule has 0 aromatic rings. The van der Waals surface area contributed by atoms with Crippen molar-refractivity contribution in [3.63, 3.8) is 0 Å². The zero-order chi connectivity index (χ0) is 11.2. The van der Waals surface area contributed by atoms with Gasteiger partial charge in [-0.1, -0.05) is 0 Å². The molecule has 0 spiro atoms. The highest BCUT2D eigenvalue weighted by atomic mass is 16.5. The third kappa shape index (κ3) is 3.70. The highest BCUT2D eigenvalue weighted by Crippen LogP contribution is 2.04. The summed E-state index contributed by atoms with van der Waals surface area (Å²) in [4.78, 5) is 5.14. The quantitative estimate of drug-likeness (QED) is 0.735. The first kappa shape index (κ1) is 12.3. The SMILES string of the molecule is CC1CNCCCN1CCN1CCOCC1. The van der Waals surface area contributed by atoms with Gasteiger partial charge in [-0.2, -0.15) is 0 Å². The molecular weight excluding hydrogens is 202 g/mol. The minimum absolute atomic E-state index is 0.684. The van der Waals surface area contributed by atoms with Crippen LogP contribution in [0.3, 0.4) is 0 Å². The number of hydrogen-bond donors (Lipinski definition) is 1. The molecule has 1 unspecified atom stereocenters. The van der Waals surface area contributed by atoms with E-state index in [9.17, 15) is 0 Å². The van der Waals surface area contributed by atoms with Gasteiger partial charge in [0, 0.05) is 38.8 Å². The van der Waals surface area contributed by atoms with Crippen molar-refractivity contribution in [2.24, 2.45) is 0 Å². The van der Waals surface area contributed by atoms with E-state index in [0.29, 0.717) is 6.04 Å². The van der Waals surface area contributed by atoms with Gasteiger partial charge >= 0.3 is 0 Å². The molecule has 0 aliphatic carbocycles.